The molecule has 1 atom stereocenters. The van der Waals surface area contributed by atoms with Crippen molar-refractivity contribution in [1.82, 2.24) is 4.98 Å². The quantitative estimate of drug-likeness (QED) is 0.257. The van der Waals surface area contributed by atoms with Gasteiger partial charge in [0, 0.05) is 26.4 Å². The molecule has 5 rings (SSSR count). The standard InChI is InChI=1S/C27H22Cl2N2O2S/c1-4-14(2)16-7-10-22-21(11-16)31-27(33-22)17-6-5-15(3)20(12-17)30-26(32)25-24(29)19-9-8-18(28)13-23(19)34-25/h5-14H,4H2,1-3H3,(H,30,32). The number of nitrogens with zero attached hydrogens (tertiary/aromatic N) is 1. The number of anilines is 1. The second-order valence-electron chi connectivity index (χ2n) is 8.42. The topological polar surface area (TPSA) is 55.1 Å². The Morgan fingerprint density at radius 2 is 1.94 bits per heavy atom. The van der Waals surface area contributed by atoms with Gasteiger partial charge in [-0.1, -0.05) is 55.2 Å². The minimum absolute atomic E-state index is 0.265. The molecule has 1 N–H and O–H groups in total. The molecular formula is C27H22Cl2N2O2S. The van der Waals surface area contributed by atoms with Gasteiger partial charge in [-0.05, 0) is 66.8 Å². The van der Waals surface area contributed by atoms with Gasteiger partial charge in [-0.3, -0.25) is 4.79 Å². The van der Waals surface area contributed by atoms with Crippen molar-refractivity contribution in [2.75, 3.05) is 5.32 Å². The predicted molar refractivity (Wildman–Crippen MR) is 143 cm³/mol. The highest BCUT2D eigenvalue weighted by atomic mass is 35.5. The minimum atomic E-state index is -0.265. The van der Waals surface area contributed by atoms with E-state index in [1.807, 2.05) is 43.3 Å². The fourth-order valence-electron chi connectivity index (χ4n) is 3.86. The maximum absolute atomic E-state index is 13.1. The van der Waals surface area contributed by atoms with Gasteiger partial charge < -0.3 is 9.73 Å². The predicted octanol–water partition coefficient (Wildman–Crippen LogP) is 9.09. The first-order chi connectivity index (χ1) is 16.3. The van der Waals surface area contributed by atoms with Crippen LogP contribution >= 0.6 is 34.5 Å². The van der Waals surface area contributed by atoms with E-state index in [0.29, 0.717) is 32.4 Å². The largest absolute Gasteiger partial charge is 0.436 e. The molecule has 0 saturated heterocycles. The van der Waals surface area contributed by atoms with E-state index < -0.39 is 0 Å². The van der Waals surface area contributed by atoms with Crippen molar-refractivity contribution in [1.29, 1.82) is 0 Å². The van der Waals surface area contributed by atoms with Crippen LogP contribution in [0.25, 0.3) is 32.6 Å². The molecule has 0 saturated carbocycles. The summed E-state index contributed by atoms with van der Waals surface area (Å²) in [4.78, 5) is 18.3. The maximum Gasteiger partial charge on any atom is 0.267 e. The summed E-state index contributed by atoms with van der Waals surface area (Å²) < 4.78 is 6.89. The molecule has 0 aliphatic heterocycles. The molecular weight excluding hydrogens is 487 g/mol. The summed E-state index contributed by atoms with van der Waals surface area (Å²) in [5.41, 5.74) is 5.20. The van der Waals surface area contributed by atoms with Crippen LogP contribution in [0.15, 0.2) is 59.0 Å². The number of aromatic nitrogens is 1. The number of benzene rings is 3. The second-order valence-corrected chi connectivity index (χ2v) is 10.3. The zero-order valence-corrected chi connectivity index (χ0v) is 21.2. The Morgan fingerprint density at radius 3 is 2.74 bits per heavy atom. The molecule has 4 nitrogen and oxygen atoms in total. The summed E-state index contributed by atoms with van der Waals surface area (Å²) in [5.74, 6) is 0.710. The van der Waals surface area contributed by atoms with Gasteiger partial charge in [0.15, 0.2) is 5.58 Å². The number of thiophene rings is 1. The van der Waals surface area contributed by atoms with Gasteiger partial charge in [-0.25, -0.2) is 4.98 Å². The van der Waals surface area contributed by atoms with Gasteiger partial charge in [0.05, 0.1) is 5.02 Å². The number of halogens is 2. The summed E-state index contributed by atoms with van der Waals surface area (Å²) in [7, 11) is 0. The van der Waals surface area contributed by atoms with Crippen LogP contribution in [0.1, 0.15) is 47.0 Å². The van der Waals surface area contributed by atoms with Crippen molar-refractivity contribution in [2.24, 2.45) is 0 Å². The van der Waals surface area contributed by atoms with Crippen LogP contribution in [0.3, 0.4) is 0 Å². The summed E-state index contributed by atoms with van der Waals surface area (Å²) in [6.45, 7) is 6.32. The van der Waals surface area contributed by atoms with E-state index in [2.05, 4.69) is 31.3 Å². The van der Waals surface area contributed by atoms with E-state index in [1.165, 1.54) is 16.9 Å². The molecule has 34 heavy (non-hydrogen) atoms. The Labute approximate surface area is 211 Å². The highest BCUT2D eigenvalue weighted by Crippen LogP contribution is 2.37. The third-order valence-electron chi connectivity index (χ3n) is 6.12. The third-order valence-corrected chi connectivity index (χ3v) is 8.01. The molecule has 3 aromatic carbocycles. The molecule has 0 spiro atoms. The van der Waals surface area contributed by atoms with Gasteiger partial charge in [-0.2, -0.15) is 0 Å². The fraction of sp³-hybridized carbons (Fsp3) is 0.185. The van der Waals surface area contributed by atoms with Gasteiger partial charge in [-0.15, -0.1) is 11.3 Å². The van der Waals surface area contributed by atoms with Crippen molar-refractivity contribution in [2.45, 2.75) is 33.1 Å². The van der Waals surface area contributed by atoms with Crippen LogP contribution in [0.4, 0.5) is 5.69 Å². The van der Waals surface area contributed by atoms with E-state index in [-0.39, 0.29) is 5.91 Å². The summed E-state index contributed by atoms with van der Waals surface area (Å²) in [6.07, 6.45) is 1.06. The number of hydrogen-bond donors (Lipinski definition) is 1. The lowest BCUT2D eigenvalue weighted by atomic mass is 9.98. The van der Waals surface area contributed by atoms with E-state index in [0.717, 1.165) is 38.7 Å². The molecule has 0 aliphatic rings. The number of amides is 1. The molecule has 172 valence electrons. The first kappa shape index (κ1) is 22.9. The molecule has 5 aromatic rings. The van der Waals surface area contributed by atoms with E-state index >= 15 is 0 Å². The van der Waals surface area contributed by atoms with Crippen molar-refractivity contribution in [3.63, 3.8) is 0 Å². The maximum atomic E-state index is 13.1. The molecule has 0 fully saturated rings. The highest BCUT2D eigenvalue weighted by Gasteiger charge is 2.19. The Morgan fingerprint density at radius 1 is 1.12 bits per heavy atom. The Hall–Kier alpha value is -2.86. The summed E-state index contributed by atoms with van der Waals surface area (Å²) in [6, 6.07) is 17.3. The molecule has 0 aliphatic carbocycles. The number of aryl methyl sites for hydroxylation is 1. The number of rotatable bonds is 5. The van der Waals surface area contributed by atoms with E-state index in [4.69, 9.17) is 32.6 Å². The Bertz CT molecular complexity index is 1550. The fourth-order valence-corrected chi connectivity index (χ4v) is 5.55. The minimum Gasteiger partial charge on any atom is -0.436 e. The smallest absolute Gasteiger partial charge is 0.267 e. The van der Waals surface area contributed by atoms with Crippen molar-refractivity contribution in [3.8, 4) is 11.5 Å². The third kappa shape index (κ3) is 4.20. The van der Waals surface area contributed by atoms with Gasteiger partial charge >= 0.3 is 0 Å². The second kappa shape index (κ2) is 9.06. The Kier molecular flexibility index (Phi) is 6.11. The number of oxazole rings is 1. The normalized spacial score (nSPS) is 12.4. The Balaban J connectivity index is 1.46. The lowest BCUT2D eigenvalue weighted by molar-refractivity contribution is 0.103. The summed E-state index contributed by atoms with van der Waals surface area (Å²) in [5, 5.41) is 4.85. The molecule has 2 aromatic heterocycles. The van der Waals surface area contributed by atoms with Gasteiger partial charge in [0.1, 0.15) is 10.4 Å². The van der Waals surface area contributed by atoms with Crippen molar-refractivity contribution < 1.29 is 9.21 Å². The molecule has 2 heterocycles. The van der Waals surface area contributed by atoms with Crippen molar-refractivity contribution in [3.05, 3.63) is 80.6 Å². The van der Waals surface area contributed by atoms with Crippen molar-refractivity contribution >= 4 is 67.3 Å². The van der Waals surface area contributed by atoms with Gasteiger partial charge in [0.2, 0.25) is 5.89 Å². The van der Waals surface area contributed by atoms with Crippen LogP contribution in [0, 0.1) is 6.92 Å². The molecule has 1 unspecified atom stereocenters. The number of fused-ring (bicyclic) bond motifs is 2. The SMILES string of the molecule is CCC(C)c1ccc2oc(-c3ccc(C)c(NC(=O)c4sc5cc(Cl)ccc5c4Cl)c3)nc2c1. The average molecular weight is 509 g/mol. The van der Waals surface area contributed by atoms with Crippen LogP contribution in [-0.4, -0.2) is 10.9 Å². The molecule has 1 amide bonds. The highest BCUT2D eigenvalue weighted by molar-refractivity contribution is 7.21. The lowest BCUT2D eigenvalue weighted by Gasteiger charge is -2.09. The number of carbonyl (C=O) groups excluding carboxylic acids is 1. The van der Waals surface area contributed by atoms with Crippen LogP contribution in [0.5, 0.6) is 0 Å². The average Bonchev–Trinajstić information content (AvgIpc) is 3.40. The molecule has 0 radical (unpaired) electrons. The van der Waals surface area contributed by atoms with Crippen LogP contribution in [-0.2, 0) is 0 Å². The zero-order chi connectivity index (χ0) is 24.0. The summed E-state index contributed by atoms with van der Waals surface area (Å²) >= 11 is 13.9. The number of hydrogen-bond acceptors (Lipinski definition) is 4. The number of carbonyl (C=O) groups is 1. The zero-order valence-electron chi connectivity index (χ0n) is 18.9. The van der Waals surface area contributed by atoms with Crippen LogP contribution < -0.4 is 5.32 Å². The van der Waals surface area contributed by atoms with E-state index in [9.17, 15) is 4.79 Å². The lowest BCUT2D eigenvalue weighted by Crippen LogP contribution is -2.11. The first-order valence-corrected chi connectivity index (χ1v) is 12.6. The van der Waals surface area contributed by atoms with E-state index in [1.54, 1.807) is 6.07 Å². The van der Waals surface area contributed by atoms with Gasteiger partial charge in [0.25, 0.3) is 5.91 Å². The first-order valence-electron chi connectivity index (χ1n) is 11.0. The monoisotopic (exact) mass is 508 g/mol. The molecule has 0 bridgehead atoms. The number of nitrogens with one attached hydrogen (secondary N) is 1. The van der Waals surface area contributed by atoms with Crippen LogP contribution in [0.2, 0.25) is 10.0 Å². The molecule has 7 heteroatoms.